The highest BCUT2D eigenvalue weighted by atomic mass is 19.1. The van der Waals surface area contributed by atoms with Crippen molar-refractivity contribution in [2.24, 2.45) is 5.92 Å². The molecule has 1 amide bonds. The highest BCUT2D eigenvalue weighted by molar-refractivity contribution is 5.68. The average molecular weight is 353 g/mol. The topological polar surface area (TPSA) is 84.7 Å². The molecule has 8 heteroatoms. The van der Waals surface area contributed by atoms with Crippen molar-refractivity contribution in [3.8, 4) is 0 Å². The van der Waals surface area contributed by atoms with Crippen molar-refractivity contribution in [1.29, 1.82) is 0 Å². The number of anilines is 1. The summed E-state index contributed by atoms with van der Waals surface area (Å²) in [7, 11) is 0. The van der Waals surface area contributed by atoms with E-state index >= 15 is 0 Å². The number of ether oxygens (including phenoxy) is 1. The number of non-ortho nitro benzene ring substituents is 1. The summed E-state index contributed by atoms with van der Waals surface area (Å²) in [4.78, 5) is 24.1. The van der Waals surface area contributed by atoms with Gasteiger partial charge in [0.25, 0.3) is 5.69 Å². The number of hydrogen-bond acceptors (Lipinski definition) is 5. The zero-order valence-corrected chi connectivity index (χ0v) is 14.8. The Hall–Kier alpha value is -2.38. The fourth-order valence-electron chi connectivity index (χ4n) is 2.74. The summed E-state index contributed by atoms with van der Waals surface area (Å²) >= 11 is 0. The van der Waals surface area contributed by atoms with E-state index in [4.69, 9.17) is 4.74 Å². The van der Waals surface area contributed by atoms with Crippen molar-refractivity contribution in [2.45, 2.75) is 39.2 Å². The molecular weight excluding hydrogens is 329 g/mol. The van der Waals surface area contributed by atoms with Crippen molar-refractivity contribution < 1.29 is 18.8 Å². The van der Waals surface area contributed by atoms with Gasteiger partial charge in [-0.1, -0.05) is 0 Å². The number of hydrogen-bond donors (Lipinski definition) is 1. The lowest BCUT2D eigenvalue weighted by molar-refractivity contribution is -0.384. The summed E-state index contributed by atoms with van der Waals surface area (Å²) in [5, 5.41) is 13.7. The third-order valence-corrected chi connectivity index (χ3v) is 3.91. The fraction of sp³-hybridized carbons (Fsp3) is 0.588. The highest BCUT2D eigenvalue weighted by Gasteiger charge is 2.27. The molecule has 1 heterocycles. The van der Waals surface area contributed by atoms with Crippen LogP contribution in [0.15, 0.2) is 18.2 Å². The van der Waals surface area contributed by atoms with E-state index in [-0.39, 0.29) is 23.4 Å². The van der Waals surface area contributed by atoms with Crippen LogP contribution in [0.4, 0.5) is 20.6 Å². The molecule has 7 nitrogen and oxygen atoms in total. The molecule has 1 N–H and O–H groups in total. The molecule has 0 aliphatic carbocycles. The van der Waals surface area contributed by atoms with Gasteiger partial charge in [0.2, 0.25) is 0 Å². The quantitative estimate of drug-likeness (QED) is 0.657. The maximum absolute atomic E-state index is 13.8. The summed E-state index contributed by atoms with van der Waals surface area (Å²) in [6, 6.07) is 3.39. The Labute approximate surface area is 146 Å². The molecule has 0 saturated carbocycles. The van der Waals surface area contributed by atoms with Crippen LogP contribution in [0.1, 0.15) is 33.6 Å². The van der Waals surface area contributed by atoms with Gasteiger partial charge in [-0.15, -0.1) is 0 Å². The van der Waals surface area contributed by atoms with Crippen LogP contribution in [0.2, 0.25) is 0 Å². The molecule has 25 heavy (non-hydrogen) atoms. The van der Waals surface area contributed by atoms with Crippen LogP contribution in [0.5, 0.6) is 0 Å². The zero-order chi connectivity index (χ0) is 18.6. The van der Waals surface area contributed by atoms with Gasteiger partial charge >= 0.3 is 6.09 Å². The minimum Gasteiger partial charge on any atom is -0.444 e. The van der Waals surface area contributed by atoms with Gasteiger partial charge in [-0.2, -0.15) is 0 Å². The number of nitrogens with zero attached hydrogens (tertiary/aromatic N) is 2. The number of piperidine rings is 1. The molecule has 1 fully saturated rings. The molecule has 1 unspecified atom stereocenters. The Morgan fingerprint density at radius 2 is 2.20 bits per heavy atom. The minimum absolute atomic E-state index is 0.101. The predicted octanol–water partition coefficient (Wildman–Crippen LogP) is 3.79. The maximum atomic E-state index is 13.8. The Morgan fingerprint density at radius 3 is 2.84 bits per heavy atom. The van der Waals surface area contributed by atoms with Gasteiger partial charge in [0.15, 0.2) is 0 Å². The van der Waals surface area contributed by atoms with E-state index in [0.717, 1.165) is 25.0 Å². The molecular formula is C17H24FN3O4. The zero-order valence-electron chi connectivity index (χ0n) is 14.8. The highest BCUT2D eigenvalue weighted by Crippen LogP contribution is 2.24. The molecule has 1 saturated heterocycles. The van der Waals surface area contributed by atoms with E-state index in [0.29, 0.717) is 19.6 Å². The van der Waals surface area contributed by atoms with Gasteiger partial charge in [-0.05, 0) is 45.6 Å². The molecule has 0 aromatic heterocycles. The number of amides is 1. The van der Waals surface area contributed by atoms with Crippen LogP contribution < -0.4 is 5.32 Å². The summed E-state index contributed by atoms with van der Waals surface area (Å²) in [6.45, 7) is 7.03. The first-order chi connectivity index (χ1) is 11.7. The Bertz CT molecular complexity index is 645. The van der Waals surface area contributed by atoms with E-state index in [1.54, 1.807) is 4.90 Å². The van der Waals surface area contributed by atoms with Gasteiger partial charge in [0.1, 0.15) is 11.4 Å². The van der Waals surface area contributed by atoms with E-state index in [1.807, 2.05) is 20.8 Å². The normalized spacial score (nSPS) is 17.9. The predicted molar refractivity (Wildman–Crippen MR) is 92.1 cm³/mol. The van der Waals surface area contributed by atoms with Crippen molar-refractivity contribution in [3.63, 3.8) is 0 Å². The number of benzene rings is 1. The van der Waals surface area contributed by atoms with Crippen LogP contribution in [0.3, 0.4) is 0 Å². The number of likely N-dealkylation sites (tertiary alicyclic amines) is 1. The average Bonchev–Trinajstić information content (AvgIpc) is 2.52. The lowest BCUT2D eigenvalue weighted by atomic mass is 9.98. The first-order valence-electron chi connectivity index (χ1n) is 8.31. The van der Waals surface area contributed by atoms with E-state index in [9.17, 15) is 19.3 Å². The third-order valence-electron chi connectivity index (χ3n) is 3.91. The van der Waals surface area contributed by atoms with Gasteiger partial charge < -0.3 is 15.0 Å². The van der Waals surface area contributed by atoms with E-state index in [1.165, 1.54) is 6.07 Å². The lowest BCUT2D eigenvalue weighted by Crippen LogP contribution is -2.44. The fourth-order valence-corrected chi connectivity index (χ4v) is 2.74. The molecule has 0 radical (unpaired) electrons. The van der Waals surface area contributed by atoms with Crippen molar-refractivity contribution >= 4 is 17.5 Å². The van der Waals surface area contributed by atoms with Gasteiger partial charge in [-0.25, -0.2) is 9.18 Å². The van der Waals surface area contributed by atoms with Gasteiger partial charge in [0, 0.05) is 31.8 Å². The van der Waals surface area contributed by atoms with Crippen molar-refractivity contribution in [2.75, 3.05) is 25.0 Å². The SMILES string of the molecule is CC(C)(C)OC(=O)N1CCCC(CNc2cc([N+](=O)[O-])ccc2F)C1. The number of nitro benzene ring substituents is 1. The maximum Gasteiger partial charge on any atom is 0.410 e. The van der Waals surface area contributed by atoms with Gasteiger partial charge in [-0.3, -0.25) is 10.1 Å². The first kappa shape index (κ1) is 19.0. The number of halogens is 1. The van der Waals surface area contributed by atoms with E-state index < -0.39 is 16.3 Å². The summed E-state index contributed by atoms with van der Waals surface area (Å²) < 4.78 is 19.2. The molecule has 1 aliphatic rings. The van der Waals surface area contributed by atoms with Crippen molar-refractivity contribution in [3.05, 3.63) is 34.1 Å². The minimum atomic E-state index is -0.560. The molecule has 138 valence electrons. The molecule has 1 aromatic carbocycles. The largest absolute Gasteiger partial charge is 0.444 e. The summed E-state index contributed by atoms with van der Waals surface area (Å²) in [5.74, 6) is -0.412. The molecule has 0 bridgehead atoms. The monoisotopic (exact) mass is 353 g/mol. The molecule has 0 spiro atoms. The standard InChI is InChI=1S/C17H24FN3O4/c1-17(2,3)25-16(22)20-8-4-5-12(11-20)10-19-15-9-13(21(23)24)6-7-14(15)18/h6-7,9,12,19H,4-5,8,10-11H2,1-3H3. The summed E-state index contributed by atoms with van der Waals surface area (Å²) in [6.07, 6.45) is 1.38. The van der Waals surface area contributed by atoms with Crippen LogP contribution in [-0.2, 0) is 4.74 Å². The summed E-state index contributed by atoms with van der Waals surface area (Å²) in [5.41, 5.74) is -0.611. The second-order valence-corrected chi connectivity index (χ2v) is 7.24. The lowest BCUT2D eigenvalue weighted by Gasteiger charge is -2.34. The second kappa shape index (κ2) is 7.67. The molecule has 2 rings (SSSR count). The van der Waals surface area contributed by atoms with Crippen LogP contribution in [0.25, 0.3) is 0 Å². The Morgan fingerprint density at radius 1 is 1.48 bits per heavy atom. The number of carbonyl (C=O) groups is 1. The molecule has 1 atom stereocenters. The van der Waals surface area contributed by atoms with Crippen LogP contribution >= 0.6 is 0 Å². The van der Waals surface area contributed by atoms with Crippen molar-refractivity contribution in [1.82, 2.24) is 4.90 Å². The Balaban J connectivity index is 1.94. The molecule has 1 aliphatic heterocycles. The third kappa shape index (κ3) is 5.58. The smallest absolute Gasteiger partial charge is 0.410 e. The number of nitro groups is 1. The van der Waals surface area contributed by atoms with Crippen LogP contribution in [0, 0.1) is 21.8 Å². The second-order valence-electron chi connectivity index (χ2n) is 7.24. The van der Waals surface area contributed by atoms with Gasteiger partial charge in [0.05, 0.1) is 10.6 Å². The molecule has 1 aromatic rings. The van der Waals surface area contributed by atoms with Crippen LogP contribution in [-0.4, -0.2) is 41.2 Å². The number of nitrogens with one attached hydrogen (secondary N) is 1. The number of rotatable bonds is 4. The Kier molecular flexibility index (Phi) is 5.81. The number of carbonyl (C=O) groups excluding carboxylic acids is 1. The van der Waals surface area contributed by atoms with E-state index in [2.05, 4.69) is 5.32 Å². The first-order valence-corrected chi connectivity index (χ1v) is 8.31.